The molecule has 20 heavy (non-hydrogen) atoms. The van der Waals surface area contributed by atoms with E-state index in [4.69, 9.17) is 15.6 Å². The Kier molecular flexibility index (Phi) is 4.22. The minimum Gasteiger partial charge on any atom is -0.478 e. The van der Waals surface area contributed by atoms with Crippen molar-refractivity contribution in [1.29, 1.82) is 0 Å². The number of aromatic carboxylic acids is 1. The van der Waals surface area contributed by atoms with E-state index in [1.807, 2.05) is 24.3 Å². The van der Waals surface area contributed by atoms with Gasteiger partial charge in [-0.05, 0) is 35.9 Å². The molecule has 5 heteroatoms. The number of rotatable bonds is 5. The van der Waals surface area contributed by atoms with E-state index in [0.717, 1.165) is 16.9 Å². The molecule has 2 rings (SSSR count). The lowest BCUT2D eigenvalue weighted by Crippen LogP contribution is -2.03. The third-order valence-corrected chi connectivity index (χ3v) is 2.81. The lowest BCUT2D eigenvalue weighted by Gasteiger charge is -2.10. The fourth-order valence-corrected chi connectivity index (χ4v) is 1.91. The molecule has 0 radical (unpaired) electrons. The molecule has 0 unspecified atom stereocenters. The summed E-state index contributed by atoms with van der Waals surface area (Å²) in [6.45, 7) is 0.537. The summed E-state index contributed by atoms with van der Waals surface area (Å²) in [5, 5.41) is 12.1. The second-order valence-corrected chi connectivity index (χ2v) is 4.37. The van der Waals surface area contributed by atoms with E-state index in [0.29, 0.717) is 6.61 Å². The number of ether oxygens (including phenoxy) is 1. The Hall–Kier alpha value is -2.53. The standard InChI is InChI=1S/C15H16N2O3/c1-20-9-10-3-2-4-11(7-10)17-12-5-6-13(15(18)19)14(16)8-12/h2-8,17H,9,16H2,1H3,(H,18,19). The second-order valence-electron chi connectivity index (χ2n) is 4.37. The van der Waals surface area contributed by atoms with E-state index in [9.17, 15) is 4.79 Å². The zero-order valence-electron chi connectivity index (χ0n) is 11.1. The van der Waals surface area contributed by atoms with Gasteiger partial charge in [-0.25, -0.2) is 4.79 Å². The lowest BCUT2D eigenvalue weighted by atomic mass is 10.1. The predicted octanol–water partition coefficient (Wildman–Crippen LogP) is 2.86. The molecule has 0 atom stereocenters. The molecular weight excluding hydrogens is 256 g/mol. The molecule has 0 saturated heterocycles. The monoisotopic (exact) mass is 272 g/mol. The Labute approximate surface area is 117 Å². The quantitative estimate of drug-likeness (QED) is 0.729. The number of carbonyl (C=O) groups is 1. The molecule has 2 aromatic carbocycles. The van der Waals surface area contributed by atoms with Crippen molar-refractivity contribution in [2.75, 3.05) is 18.2 Å². The van der Waals surface area contributed by atoms with Crippen molar-refractivity contribution < 1.29 is 14.6 Å². The van der Waals surface area contributed by atoms with Gasteiger partial charge in [0.2, 0.25) is 0 Å². The van der Waals surface area contributed by atoms with Crippen LogP contribution in [0.25, 0.3) is 0 Å². The highest BCUT2D eigenvalue weighted by Crippen LogP contribution is 2.22. The molecule has 0 amide bonds. The second kappa shape index (κ2) is 6.08. The van der Waals surface area contributed by atoms with Crippen molar-refractivity contribution in [3.05, 3.63) is 53.6 Å². The molecule has 104 valence electrons. The first-order valence-electron chi connectivity index (χ1n) is 6.08. The lowest BCUT2D eigenvalue weighted by molar-refractivity contribution is 0.0698. The Morgan fingerprint density at radius 2 is 2.00 bits per heavy atom. The summed E-state index contributed by atoms with van der Waals surface area (Å²) in [5.41, 5.74) is 8.72. The molecular formula is C15H16N2O3. The van der Waals surface area contributed by atoms with Crippen molar-refractivity contribution in [3.63, 3.8) is 0 Å². The third kappa shape index (κ3) is 3.27. The van der Waals surface area contributed by atoms with Crippen LogP contribution in [0.5, 0.6) is 0 Å². The van der Waals surface area contributed by atoms with E-state index in [2.05, 4.69) is 5.32 Å². The number of benzene rings is 2. The van der Waals surface area contributed by atoms with Crippen molar-refractivity contribution in [1.82, 2.24) is 0 Å². The highest BCUT2D eigenvalue weighted by atomic mass is 16.5. The normalized spacial score (nSPS) is 10.2. The van der Waals surface area contributed by atoms with Crippen LogP contribution in [0.1, 0.15) is 15.9 Å². The predicted molar refractivity (Wildman–Crippen MR) is 78.3 cm³/mol. The first kappa shape index (κ1) is 13.9. The van der Waals surface area contributed by atoms with Crippen LogP contribution in [0.2, 0.25) is 0 Å². The SMILES string of the molecule is COCc1cccc(Nc2ccc(C(=O)O)c(N)c2)c1. The van der Waals surface area contributed by atoms with Crippen LogP contribution >= 0.6 is 0 Å². The molecule has 2 aromatic rings. The summed E-state index contributed by atoms with van der Waals surface area (Å²) >= 11 is 0. The molecule has 0 bridgehead atoms. The Balaban J connectivity index is 2.19. The van der Waals surface area contributed by atoms with E-state index >= 15 is 0 Å². The van der Waals surface area contributed by atoms with Crippen LogP contribution in [-0.2, 0) is 11.3 Å². The maximum Gasteiger partial charge on any atom is 0.337 e. The number of carboxylic acids is 1. The highest BCUT2D eigenvalue weighted by Gasteiger charge is 2.08. The van der Waals surface area contributed by atoms with Crippen LogP contribution < -0.4 is 11.1 Å². The van der Waals surface area contributed by atoms with E-state index in [1.54, 1.807) is 19.2 Å². The van der Waals surface area contributed by atoms with Gasteiger partial charge in [-0.2, -0.15) is 0 Å². The van der Waals surface area contributed by atoms with Crippen LogP contribution in [-0.4, -0.2) is 18.2 Å². The van der Waals surface area contributed by atoms with E-state index in [1.165, 1.54) is 6.07 Å². The van der Waals surface area contributed by atoms with Gasteiger partial charge in [-0.15, -0.1) is 0 Å². The number of hydrogen-bond donors (Lipinski definition) is 3. The van der Waals surface area contributed by atoms with Crippen LogP contribution in [0.3, 0.4) is 0 Å². The molecule has 0 heterocycles. The Bertz CT molecular complexity index is 626. The first-order valence-corrected chi connectivity index (χ1v) is 6.08. The molecule has 0 saturated carbocycles. The summed E-state index contributed by atoms with van der Waals surface area (Å²) in [4.78, 5) is 10.9. The largest absolute Gasteiger partial charge is 0.478 e. The fraction of sp³-hybridized carbons (Fsp3) is 0.133. The Morgan fingerprint density at radius 3 is 2.65 bits per heavy atom. The fourth-order valence-electron chi connectivity index (χ4n) is 1.91. The smallest absolute Gasteiger partial charge is 0.337 e. The Morgan fingerprint density at radius 1 is 1.25 bits per heavy atom. The zero-order valence-corrected chi connectivity index (χ0v) is 11.1. The number of anilines is 3. The molecule has 0 aliphatic rings. The van der Waals surface area contributed by atoms with Gasteiger partial charge in [0, 0.05) is 24.2 Å². The number of carboxylic acid groups (broad SMARTS) is 1. The molecule has 0 spiro atoms. The van der Waals surface area contributed by atoms with Gasteiger partial charge in [0.25, 0.3) is 0 Å². The van der Waals surface area contributed by atoms with Crippen LogP contribution in [0.4, 0.5) is 17.1 Å². The first-order chi connectivity index (χ1) is 9.60. The summed E-state index contributed by atoms with van der Waals surface area (Å²) in [6, 6.07) is 12.5. The van der Waals surface area contributed by atoms with Gasteiger partial charge < -0.3 is 20.9 Å². The molecule has 0 aliphatic carbocycles. The maximum absolute atomic E-state index is 10.9. The van der Waals surface area contributed by atoms with Gasteiger partial charge in [0.15, 0.2) is 0 Å². The molecule has 0 fully saturated rings. The number of nitrogens with two attached hydrogens (primary N) is 1. The van der Waals surface area contributed by atoms with Crippen LogP contribution in [0.15, 0.2) is 42.5 Å². The maximum atomic E-state index is 10.9. The topological polar surface area (TPSA) is 84.6 Å². The van der Waals surface area contributed by atoms with Gasteiger partial charge >= 0.3 is 5.97 Å². The number of nitrogens with one attached hydrogen (secondary N) is 1. The van der Waals surface area contributed by atoms with Crippen LogP contribution in [0, 0.1) is 0 Å². The summed E-state index contributed by atoms with van der Waals surface area (Å²) in [6.07, 6.45) is 0. The van der Waals surface area contributed by atoms with Gasteiger partial charge in [-0.1, -0.05) is 12.1 Å². The zero-order chi connectivity index (χ0) is 14.5. The highest BCUT2D eigenvalue weighted by molar-refractivity contribution is 5.94. The van der Waals surface area contributed by atoms with Crippen molar-refractivity contribution >= 4 is 23.0 Å². The van der Waals surface area contributed by atoms with E-state index < -0.39 is 5.97 Å². The average Bonchev–Trinajstić information content (AvgIpc) is 2.39. The van der Waals surface area contributed by atoms with Gasteiger partial charge in [0.05, 0.1) is 12.2 Å². The van der Waals surface area contributed by atoms with Gasteiger partial charge in [0.1, 0.15) is 0 Å². The van der Waals surface area contributed by atoms with Gasteiger partial charge in [-0.3, -0.25) is 0 Å². The summed E-state index contributed by atoms with van der Waals surface area (Å²) < 4.78 is 5.08. The summed E-state index contributed by atoms with van der Waals surface area (Å²) in [5.74, 6) is -1.03. The summed E-state index contributed by atoms with van der Waals surface area (Å²) in [7, 11) is 1.64. The number of nitrogen functional groups attached to an aromatic ring is 1. The van der Waals surface area contributed by atoms with E-state index in [-0.39, 0.29) is 11.3 Å². The number of methoxy groups -OCH3 is 1. The third-order valence-electron chi connectivity index (χ3n) is 2.81. The molecule has 0 aromatic heterocycles. The van der Waals surface area contributed by atoms with Crippen molar-refractivity contribution in [2.24, 2.45) is 0 Å². The average molecular weight is 272 g/mol. The minimum atomic E-state index is -1.03. The van der Waals surface area contributed by atoms with Crippen molar-refractivity contribution in [2.45, 2.75) is 6.61 Å². The molecule has 0 aliphatic heterocycles. The molecule has 5 nitrogen and oxygen atoms in total. The molecule has 4 N–H and O–H groups in total. The minimum absolute atomic E-state index is 0.101. The number of hydrogen-bond acceptors (Lipinski definition) is 4. The van der Waals surface area contributed by atoms with Crippen molar-refractivity contribution in [3.8, 4) is 0 Å².